The molecule has 0 saturated carbocycles. The van der Waals surface area contributed by atoms with Crippen molar-refractivity contribution in [3.8, 4) is 5.75 Å². The Morgan fingerprint density at radius 3 is 2.68 bits per heavy atom. The zero-order valence-electron chi connectivity index (χ0n) is 19.6. The molecule has 7 nitrogen and oxygen atoms in total. The number of rotatable bonds is 7. The summed E-state index contributed by atoms with van der Waals surface area (Å²) in [5.41, 5.74) is 2.49. The maximum atomic E-state index is 13.5. The fourth-order valence-corrected chi connectivity index (χ4v) is 4.95. The molecule has 1 fully saturated rings. The SMILES string of the molecule is CCOC(=O)[C@@H]1CCCN(CC(=O)N2N=C(c3ccccc3OC)C[C@H]2c2ccccc2Cl)C1. The number of likely N-dealkylation sites (tertiary alicyclic amines) is 1. The van der Waals surface area contributed by atoms with Gasteiger partial charge in [0.1, 0.15) is 5.75 Å². The van der Waals surface area contributed by atoms with Crippen LogP contribution in [0.2, 0.25) is 5.02 Å². The van der Waals surface area contributed by atoms with Gasteiger partial charge in [-0.1, -0.05) is 41.9 Å². The van der Waals surface area contributed by atoms with E-state index in [1.54, 1.807) is 12.1 Å². The van der Waals surface area contributed by atoms with E-state index in [1.165, 1.54) is 0 Å². The van der Waals surface area contributed by atoms with Gasteiger partial charge >= 0.3 is 5.97 Å². The number of carbonyl (C=O) groups is 2. The smallest absolute Gasteiger partial charge is 0.310 e. The van der Waals surface area contributed by atoms with Gasteiger partial charge in [0, 0.05) is 23.6 Å². The average molecular weight is 484 g/mol. The number of esters is 1. The van der Waals surface area contributed by atoms with Crippen molar-refractivity contribution in [2.45, 2.75) is 32.2 Å². The van der Waals surface area contributed by atoms with Crippen LogP contribution in [0.1, 0.15) is 43.4 Å². The highest BCUT2D eigenvalue weighted by Gasteiger charge is 2.36. The lowest BCUT2D eigenvalue weighted by molar-refractivity contribution is -0.150. The Kier molecular flexibility index (Phi) is 7.85. The van der Waals surface area contributed by atoms with Crippen molar-refractivity contribution in [2.24, 2.45) is 11.0 Å². The van der Waals surface area contributed by atoms with Crippen molar-refractivity contribution in [3.63, 3.8) is 0 Å². The topological polar surface area (TPSA) is 71.4 Å². The zero-order valence-corrected chi connectivity index (χ0v) is 20.3. The van der Waals surface area contributed by atoms with E-state index in [2.05, 4.69) is 0 Å². The van der Waals surface area contributed by atoms with E-state index in [-0.39, 0.29) is 30.4 Å². The molecule has 2 atom stereocenters. The van der Waals surface area contributed by atoms with Crippen LogP contribution in [0.5, 0.6) is 5.75 Å². The maximum Gasteiger partial charge on any atom is 0.310 e. The second-order valence-electron chi connectivity index (χ2n) is 8.55. The summed E-state index contributed by atoms with van der Waals surface area (Å²) in [7, 11) is 1.62. The van der Waals surface area contributed by atoms with E-state index < -0.39 is 0 Å². The third-order valence-corrected chi connectivity index (χ3v) is 6.68. The minimum Gasteiger partial charge on any atom is -0.496 e. The molecule has 0 aromatic heterocycles. The first kappa shape index (κ1) is 24.2. The Labute approximate surface area is 205 Å². The summed E-state index contributed by atoms with van der Waals surface area (Å²) in [5.74, 6) is 0.194. The van der Waals surface area contributed by atoms with Gasteiger partial charge in [0.2, 0.25) is 0 Å². The van der Waals surface area contributed by atoms with Gasteiger partial charge in [0.25, 0.3) is 5.91 Å². The maximum absolute atomic E-state index is 13.5. The van der Waals surface area contributed by atoms with E-state index in [0.29, 0.717) is 30.3 Å². The van der Waals surface area contributed by atoms with Crippen molar-refractivity contribution in [1.82, 2.24) is 9.91 Å². The molecule has 0 bridgehead atoms. The van der Waals surface area contributed by atoms with Crippen molar-refractivity contribution in [2.75, 3.05) is 33.4 Å². The van der Waals surface area contributed by atoms with Crippen LogP contribution in [0.15, 0.2) is 53.6 Å². The molecule has 2 aliphatic rings. The van der Waals surface area contributed by atoms with Crippen LogP contribution in [0.25, 0.3) is 0 Å². The standard InChI is InChI=1S/C26H30ClN3O4/c1-3-34-26(32)18-9-8-14-29(16-18)17-25(31)30-23(19-10-4-6-12-21(19)27)15-22(28-30)20-11-5-7-13-24(20)33-2/h4-7,10-13,18,23H,3,8-9,14-17H2,1-2H3/t18-,23+/m1/s1. The first-order chi connectivity index (χ1) is 16.5. The Hall–Kier alpha value is -2.90. The first-order valence-corrected chi connectivity index (χ1v) is 12.1. The Bertz CT molecular complexity index is 1070. The molecule has 0 N–H and O–H groups in total. The normalized spacial score (nSPS) is 20.7. The van der Waals surface area contributed by atoms with Crippen molar-refractivity contribution in [3.05, 3.63) is 64.7 Å². The van der Waals surface area contributed by atoms with E-state index in [1.807, 2.05) is 60.4 Å². The number of ether oxygens (including phenoxy) is 2. The fourth-order valence-electron chi connectivity index (χ4n) is 4.69. The van der Waals surface area contributed by atoms with E-state index in [9.17, 15) is 9.59 Å². The van der Waals surface area contributed by atoms with Crippen LogP contribution in [-0.4, -0.2) is 60.8 Å². The van der Waals surface area contributed by atoms with Crippen molar-refractivity contribution >= 4 is 29.2 Å². The molecule has 0 radical (unpaired) electrons. The summed E-state index contributed by atoms with van der Waals surface area (Å²) in [4.78, 5) is 27.8. The number of carbonyl (C=O) groups excluding carboxylic acids is 2. The van der Waals surface area contributed by atoms with Crippen LogP contribution in [0, 0.1) is 5.92 Å². The number of piperidine rings is 1. The van der Waals surface area contributed by atoms with Gasteiger partial charge in [-0.15, -0.1) is 0 Å². The molecule has 0 aliphatic carbocycles. The Balaban J connectivity index is 1.58. The number of para-hydroxylation sites is 1. The van der Waals surface area contributed by atoms with Crippen LogP contribution >= 0.6 is 11.6 Å². The summed E-state index contributed by atoms with van der Waals surface area (Å²) < 4.78 is 10.7. The average Bonchev–Trinajstić information content (AvgIpc) is 3.30. The van der Waals surface area contributed by atoms with E-state index in [0.717, 1.165) is 36.2 Å². The number of halogens is 1. The molecule has 2 aromatic rings. The van der Waals surface area contributed by atoms with Crippen LogP contribution in [0.4, 0.5) is 0 Å². The molecule has 180 valence electrons. The van der Waals surface area contributed by atoms with Crippen molar-refractivity contribution < 1.29 is 19.1 Å². The molecule has 8 heteroatoms. The monoisotopic (exact) mass is 483 g/mol. The van der Waals surface area contributed by atoms with Crippen LogP contribution in [0.3, 0.4) is 0 Å². The number of hydrazone groups is 1. The highest BCUT2D eigenvalue weighted by molar-refractivity contribution is 6.31. The molecule has 2 heterocycles. The second kappa shape index (κ2) is 11.0. The number of amides is 1. The van der Waals surface area contributed by atoms with Gasteiger partial charge in [-0.05, 0) is 50.1 Å². The van der Waals surface area contributed by atoms with Gasteiger partial charge < -0.3 is 9.47 Å². The molecule has 1 saturated heterocycles. The number of methoxy groups -OCH3 is 1. The van der Waals surface area contributed by atoms with Crippen LogP contribution < -0.4 is 4.74 Å². The molecule has 34 heavy (non-hydrogen) atoms. The van der Waals surface area contributed by atoms with Crippen LogP contribution in [-0.2, 0) is 14.3 Å². The minimum atomic E-state index is -0.313. The molecule has 1 amide bonds. The number of hydrogen-bond donors (Lipinski definition) is 0. The largest absolute Gasteiger partial charge is 0.496 e. The minimum absolute atomic E-state index is 0.126. The predicted molar refractivity (Wildman–Crippen MR) is 131 cm³/mol. The van der Waals surface area contributed by atoms with E-state index >= 15 is 0 Å². The molecular formula is C26H30ClN3O4. The molecule has 4 rings (SSSR count). The predicted octanol–water partition coefficient (Wildman–Crippen LogP) is 4.30. The summed E-state index contributed by atoms with van der Waals surface area (Å²) in [6, 6.07) is 14.9. The molecule has 0 unspecified atom stereocenters. The number of nitrogens with zero attached hydrogens (tertiary/aromatic N) is 3. The molecule has 2 aliphatic heterocycles. The summed E-state index contributed by atoms with van der Waals surface area (Å²) >= 11 is 6.53. The van der Waals surface area contributed by atoms with Gasteiger partial charge in [-0.3, -0.25) is 14.5 Å². The summed E-state index contributed by atoms with van der Waals surface area (Å²) in [6.07, 6.45) is 2.16. The lowest BCUT2D eigenvalue weighted by Crippen LogP contribution is -2.44. The molecule has 2 aromatic carbocycles. The van der Waals surface area contributed by atoms with Gasteiger partial charge in [0.15, 0.2) is 0 Å². The highest BCUT2D eigenvalue weighted by Crippen LogP contribution is 2.38. The summed E-state index contributed by atoms with van der Waals surface area (Å²) in [6.45, 7) is 3.62. The van der Waals surface area contributed by atoms with Gasteiger partial charge in [0.05, 0.1) is 37.9 Å². The zero-order chi connectivity index (χ0) is 24.1. The quantitative estimate of drug-likeness (QED) is 0.549. The van der Waals surface area contributed by atoms with E-state index in [4.69, 9.17) is 26.2 Å². The molecule has 0 spiro atoms. The molecular weight excluding hydrogens is 454 g/mol. The third kappa shape index (κ3) is 5.26. The second-order valence-corrected chi connectivity index (χ2v) is 8.96. The van der Waals surface area contributed by atoms with Gasteiger partial charge in [-0.25, -0.2) is 5.01 Å². The third-order valence-electron chi connectivity index (χ3n) is 6.33. The number of hydrogen-bond acceptors (Lipinski definition) is 6. The summed E-state index contributed by atoms with van der Waals surface area (Å²) in [5, 5.41) is 6.91. The first-order valence-electron chi connectivity index (χ1n) is 11.7. The number of benzene rings is 2. The van der Waals surface area contributed by atoms with Gasteiger partial charge in [-0.2, -0.15) is 5.10 Å². The fraction of sp³-hybridized carbons (Fsp3) is 0.423. The highest BCUT2D eigenvalue weighted by atomic mass is 35.5. The lowest BCUT2D eigenvalue weighted by atomic mass is 9.97. The lowest BCUT2D eigenvalue weighted by Gasteiger charge is -2.32. The van der Waals surface area contributed by atoms with Crippen molar-refractivity contribution in [1.29, 1.82) is 0 Å². The Morgan fingerprint density at radius 1 is 1.15 bits per heavy atom. The Morgan fingerprint density at radius 2 is 1.91 bits per heavy atom.